The fraction of sp³-hybridized carbons (Fsp3) is 0.417. The smallest absolute Gasteiger partial charge is 0.228 e. The zero-order valence-corrected chi connectivity index (χ0v) is 11.0. The minimum absolute atomic E-state index is 0. The molecule has 1 aromatic carbocycles. The van der Waals surface area contributed by atoms with Crippen LogP contribution in [0.3, 0.4) is 0 Å². The molecule has 2 rings (SSSR count). The van der Waals surface area contributed by atoms with E-state index in [2.05, 4.69) is 10.6 Å². The lowest BCUT2D eigenvalue weighted by Gasteiger charge is -2.22. The van der Waals surface area contributed by atoms with Crippen LogP contribution in [0, 0.1) is 5.92 Å². The Morgan fingerprint density at radius 2 is 2.18 bits per heavy atom. The van der Waals surface area contributed by atoms with Crippen LogP contribution in [0.25, 0.3) is 0 Å². The quantitative estimate of drug-likeness (QED) is 0.871. The fourth-order valence-electron chi connectivity index (χ4n) is 1.87. The summed E-state index contributed by atoms with van der Waals surface area (Å²) in [6, 6.07) is 7.30. The lowest BCUT2D eigenvalue weighted by atomic mass is 9.99. The molecule has 1 atom stereocenters. The summed E-state index contributed by atoms with van der Waals surface area (Å²) in [6.45, 7) is 1.77. The number of piperidine rings is 1. The molecule has 1 heterocycles. The molecule has 3 nitrogen and oxygen atoms in total. The molecule has 1 amide bonds. The van der Waals surface area contributed by atoms with Gasteiger partial charge in [-0.2, -0.15) is 0 Å². The van der Waals surface area contributed by atoms with Crippen molar-refractivity contribution in [2.24, 2.45) is 5.92 Å². The average Bonchev–Trinajstić information content (AvgIpc) is 2.33. The Bertz CT molecular complexity index is 379. The third kappa shape index (κ3) is 3.87. The Kier molecular flexibility index (Phi) is 5.75. The van der Waals surface area contributed by atoms with E-state index >= 15 is 0 Å². The van der Waals surface area contributed by atoms with Crippen LogP contribution in [-0.4, -0.2) is 19.0 Å². The highest BCUT2D eigenvalue weighted by Crippen LogP contribution is 2.22. The molecule has 1 aromatic rings. The van der Waals surface area contributed by atoms with Crippen molar-refractivity contribution in [2.45, 2.75) is 12.8 Å². The predicted octanol–water partition coefficient (Wildman–Crippen LogP) is 2.70. The first-order chi connectivity index (χ1) is 7.77. The van der Waals surface area contributed by atoms with Crippen LogP contribution in [-0.2, 0) is 4.79 Å². The number of carbonyl (C=O) groups is 1. The molecule has 5 heteroatoms. The van der Waals surface area contributed by atoms with Crippen LogP contribution in [0.5, 0.6) is 0 Å². The van der Waals surface area contributed by atoms with Gasteiger partial charge in [-0.3, -0.25) is 4.79 Å². The van der Waals surface area contributed by atoms with Gasteiger partial charge in [-0.25, -0.2) is 0 Å². The standard InChI is InChI=1S/C12H15ClN2O.ClH/c13-10-5-1-2-6-11(10)15-12(16)9-4-3-7-14-8-9;/h1-2,5-6,9,14H,3-4,7-8H2,(H,15,16);1H/t9-;/m1./s1. The summed E-state index contributed by atoms with van der Waals surface area (Å²) in [5, 5.41) is 6.67. The molecule has 0 unspecified atom stereocenters. The molecule has 17 heavy (non-hydrogen) atoms. The number of hydrogen-bond acceptors (Lipinski definition) is 2. The zero-order valence-electron chi connectivity index (χ0n) is 9.41. The average molecular weight is 275 g/mol. The van der Waals surface area contributed by atoms with E-state index < -0.39 is 0 Å². The van der Waals surface area contributed by atoms with Crippen LogP contribution < -0.4 is 10.6 Å². The minimum atomic E-state index is 0. The number of anilines is 1. The summed E-state index contributed by atoms with van der Waals surface area (Å²) in [5.41, 5.74) is 0.694. The number of carbonyl (C=O) groups excluding carboxylic acids is 1. The zero-order chi connectivity index (χ0) is 11.4. The van der Waals surface area contributed by atoms with Crippen molar-refractivity contribution in [1.29, 1.82) is 0 Å². The second-order valence-corrected chi connectivity index (χ2v) is 4.42. The molecule has 0 aromatic heterocycles. The monoisotopic (exact) mass is 274 g/mol. The SMILES string of the molecule is Cl.O=C(Nc1ccccc1Cl)[C@@H]1CCCNC1. The third-order valence-electron chi connectivity index (χ3n) is 2.80. The van der Waals surface area contributed by atoms with Crippen molar-refractivity contribution in [3.05, 3.63) is 29.3 Å². The normalized spacial score (nSPS) is 19.2. The van der Waals surface area contributed by atoms with Crippen molar-refractivity contribution in [2.75, 3.05) is 18.4 Å². The molecule has 94 valence electrons. The Morgan fingerprint density at radius 3 is 2.82 bits per heavy atom. The van der Waals surface area contributed by atoms with Crippen LogP contribution in [0.15, 0.2) is 24.3 Å². The van der Waals surface area contributed by atoms with Crippen LogP contribution >= 0.6 is 24.0 Å². The van der Waals surface area contributed by atoms with Crippen LogP contribution in [0.4, 0.5) is 5.69 Å². The van der Waals surface area contributed by atoms with Crippen LogP contribution in [0.1, 0.15) is 12.8 Å². The maximum Gasteiger partial charge on any atom is 0.228 e. The summed E-state index contributed by atoms with van der Waals surface area (Å²) in [7, 11) is 0. The minimum Gasteiger partial charge on any atom is -0.324 e. The molecule has 1 aliphatic heterocycles. The van der Waals surface area contributed by atoms with E-state index in [-0.39, 0.29) is 24.2 Å². The van der Waals surface area contributed by atoms with Gasteiger partial charge in [0.15, 0.2) is 0 Å². The molecule has 0 spiro atoms. The molecule has 0 bridgehead atoms. The molecule has 2 N–H and O–H groups in total. The number of nitrogens with one attached hydrogen (secondary N) is 2. The summed E-state index contributed by atoms with van der Waals surface area (Å²) in [6.07, 6.45) is 2.00. The van der Waals surface area contributed by atoms with E-state index in [0.717, 1.165) is 25.9 Å². The number of amides is 1. The topological polar surface area (TPSA) is 41.1 Å². The highest BCUT2D eigenvalue weighted by atomic mass is 35.5. The number of benzene rings is 1. The van der Waals surface area contributed by atoms with Crippen LogP contribution in [0.2, 0.25) is 5.02 Å². The first-order valence-corrected chi connectivity index (χ1v) is 5.91. The summed E-state index contributed by atoms with van der Waals surface area (Å²) < 4.78 is 0. The van der Waals surface area contributed by atoms with Gasteiger partial charge in [-0.05, 0) is 31.5 Å². The Labute approximate surface area is 112 Å². The Morgan fingerprint density at radius 1 is 1.41 bits per heavy atom. The van der Waals surface area contributed by atoms with Gasteiger partial charge < -0.3 is 10.6 Å². The van der Waals surface area contributed by atoms with Crippen molar-refractivity contribution in [1.82, 2.24) is 5.32 Å². The molecular formula is C12H16Cl2N2O. The summed E-state index contributed by atoms with van der Waals surface area (Å²) in [5.74, 6) is 0.116. The van der Waals surface area contributed by atoms with Gasteiger partial charge in [0.2, 0.25) is 5.91 Å². The van der Waals surface area contributed by atoms with Gasteiger partial charge in [0.1, 0.15) is 0 Å². The molecular weight excluding hydrogens is 259 g/mol. The van der Waals surface area contributed by atoms with Gasteiger partial charge in [0, 0.05) is 6.54 Å². The second-order valence-electron chi connectivity index (χ2n) is 4.01. The van der Waals surface area contributed by atoms with Crippen molar-refractivity contribution in [3.63, 3.8) is 0 Å². The van der Waals surface area contributed by atoms with E-state index in [4.69, 9.17) is 11.6 Å². The first kappa shape index (κ1) is 14.3. The maximum atomic E-state index is 11.9. The highest BCUT2D eigenvalue weighted by molar-refractivity contribution is 6.33. The first-order valence-electron chi connectivity index (χ1n) is 5.53. The Balaban J connectivity index is 0.00000144. The largest absolute Gasteiger partial charge is 0.324 e. The molecule has 0 saturated carbocycles. The van der Waals surface area contributed by atoms with Gasteiger partial charge in [0.25, 0.3) is 0 Å². The number of hydrogen-bond donors (Lipinski definition) is 2. The predicted molar refractivity (Wildman–Crippen MR) is 72.9 cm³/mol. The molecule has 0 aliphatic carbocycles. The number of halogens is 2. The lowest BCUT2D eigenvalue weighted by molar-refractivity contribution is -0.120. The highest BCUT2D eigenvalue weighted by Gasteiger charge is 2.21. The summed E-state index contributed by atoms with van der Waals surface area (Å²) in [4.78, 5) is 11.9. The van der Waals surface area contributed by atoms with Crippen molar-refractivity contribution in [3.8, 4) is 0 Å². The Hall–Kier alpha value is -0.770. The molecule has 1 fully saturated rings. The van der Waals surface area contributed by atoms with Crippen molar-refractivity contribution < 1.29 is 4.79 Å². The second kappa shape index (κ2) is 6.84. The lowest BCUT2D eigenvalue weighted by Crippen LogP contribution is -2.37. The number of para-hydroxylation sites is 1. The van der Waals surface area contributed by atoms with Gasteiger partial charge in [-0.15, -0.1) is 12.4 Å². The van der Waals surface area contributed by atoms with E-state index in [1.165, 1.54) is 0 Å². The van der Waals surface area contributed by atoms with Crippen molar-refractivity contribution >= 4 is 35.6 Å². The maximum absolute atomic E-state index is 11.9. The number of rotatable bonds is 2. The molecule has 1 aliphatic rings. The molecule has 1 saturated heterocycles. The third-order valence-corrected chi connectivity index (χ3v) is 3.13. The van der Waals surface area contributed by atoms with E-state index in [1.807, 2.05) is 18.2 Å². The fourth-order valence-corrected chi connectivity index (χ4v) is 2.06. The van der Waals surface area contributed by atoms with E-state index in [0.29, 0.717) is 10.7 Å². The molecule has 0 radical (unpaired) electrons. The van der Waals surface area contributed by atoms with Gasteiger partial charge in [-0.1, -0.05) is 23.7 Å². The van der Waals surface area contributed by atoms with E-state index in [1.54, 1.807) is 6.07 Å². The van der Waals surface area contributed by atoms with E-state index in [9.17, 15) is 4.79 Å². The van der Waals surface area contributed by atoms with Gasteiger partial charge >= 0.3 is 0 Å². The van der Waals surface area contributed by atoms with Gasteiger partial charge in [0.05, 0.1) is 16.6 Å². The summed E-state index contributed by atoms with van der Waals surface area (Å²) >= 11 is 5.98.